The van der Waals surface area contributed by atoms with Gasteiger partial charge in [0, 0.05) is 6.54 Å². The Morgan fingerprint density at radius 3 is 2.19 bits per heavy atom. The van der Waals surface area contributed by atoms with Crippen molar-refractivity contribution in [1.82, 2.24) is 5.32 Å². The molecule has 1 rings (SSSR count). The minimum absolute atomic E-state index is 0.00993. The van der Waals surface area contributed by atoms with Crippen molar-refractivity contribution in [2.24, 2.45) is 0 Å². The summed E-state index contributed by atoms with van der Waals surface area (Å²) in [5, 5.41) is 29.6. The van der Waals surface area contributed by atoms with E-state index in [9.17, 15) is 18.0 Å². The lowest BCUT2D eigenvalue weighted by molar-refractivity contribution is -0.149. The van der Waals surface area contributed by atoms with Gasteiger partial charge >= 0.3 is 12.1 Å². The molecule has 1 aromatic carbocycles. The zero-order chi connectivity index (χ0) is 16.3. The first-order chi connectivity index (χ1) is 9.66. The highest BCUT2D eigenvalue weighted by Crippen LogP contribution is 2.32. The summed E-state index contributed by atoms with van der Waals surface area (Å²) < 4.78 is 37.8. The van der Waals surface area contributed by atoms with Gasteiger partial charge in [0.05, 0.1) is 18.8 Å². The fourth-order valence-corrected chi connectivity index (χ4v) is 1.80. The molecule has 0 bridgehead atoms. The number of hydrogen-bond donors (Lipinski definition) is 4. The number of rotatable bonds is 6. The van der Waals surface area contributed by atoms with Crippen molar-refractivity contribution >= 4 is 5.97 Å². The molecule has 0 radical (unpaired) electrons. The molecule has 8 heteroatoms. The molecule has 21 heavy (non-hydrogen) atoms. The van der Waals surface area contributed by atoms with Crippen LogP contribution < -0.4 is 5.32 Å². The Balaban J connectivity index is 2.90. The van der Waals surface area contributed by atoms with Gasteiger partial charge in [-0.1, -0.05) is 12.1 Å². The zero-order valence-electron chi connectivity index (χ0n) is 11.2. The van der Waals surface area contributed by atoms with Gasteiger partial charge in [-0.25, -0.2) is 0 Å². The van der Waals surface area contributed by atoms with Crippen LogP contribution in [0.15, 0.2) is 18.2 Å². The summed E-state index contributed by atoms with van der Waals surface area (Å²) >= 11 is 0. The third-order valence-corrected chi connectivity index (χ3v) is 3.18. The van der Waals surface area contributed by atoms with Crippen molar-refractivity contribution in [1.29, 1.82) is 0 Å². The van der Waals surface area contributed by atoms with E-state index in [1.165, 1.54) is 19.1 Å². The average molecular weight is 307 g/mol. The standard InChI is InChI=1S/C13H16F3NO4/c1-8-4-9(2-3-10(8)13(14,15)16)5-17-12(6-18,7-19)11(20)21/h2-4,17-19H,5-7H2,1H3,(H,20,21). The summed E-state index contributed by atoms with van der Waals surface area (Å²) in [6.07, 6.45) is -4.45. The SMILES string of the molecule is Cc1cc(CNC(CO)(CO)C(=O)O)ccc1C(F)(F)F. The van der Waals surface area contributed by atoms with Gasteiger partial charge in [0.2, 0.25) is 0 Å². The number of aliphatic hydroxyl groups is 2. The van der Waals surface area contributed by atoms with Crippen LogP contribution in [0.1, 0.15) is 16.7 Å². The Bertz CT molecular complexity index is 513. The minimum Gasteiger partial charge on any atom is -0.480 e. The summed E-state index contributed by atoms with van der Waals surface area (Å²) in [7, 11) is 0. The number of benzene rings is 1. The second-order valence-corrected chi connectivity index (χ2v) is 4.70. The Morgan fingerprint density at radius 2 is 1.81 bits per heavy atom. The molecule has 0 heterocycles. The van der Waals surface area contributed by atoms with Crippen molar-refractivity contribution in [3.05, 3.63) is 34.9 Å². The Labute approximate surface area is 119 Å². The molecule has 0 atom stereocenters. The lowest BCUT2D eigenvalue weighted by Gasteiger charge is -2.26. The molecule has 118 valence electrons. The number of hydrogen-bond acceptors (Lipinski definition) is 4. The molecule has 0 spiro atoms. The quantitative estimate of drug-likeness (QED) is 0.627. The van der Waals surface area contributed by atoms with Gasteiger partial charge in [0.1, 0.15) is 0 Å². The molecule has 0 aliphatic heterocycles. The van der Waals surface area contributed by atoms with Crippen LogP contribution in [0.4, 0.5) is 13.2 Å². The Kier molecular flexibility index (Phi) is 5.32. The molecule has 0 saturated carbocycles. The van der Waals surface area contributed by atoms with Gasteiger partial charge in [-0.2, -0.15) is 13.2 Å². The number of aliphatic hydroxyl groups excluding tert-OH is 2. The number of carboxylic acid groups (broad SMARTS) is 1. The first-order valence-corrected chi connectivity index (χ1v) is 6.03. The molecule has 0 saturated heterocycles. The minimum atomic E-state index is -4.45. The predicted molar refractivity (Wildman–Crippen MR) is 67.6 cm³/mol. The van der Waals surface area contributed by atoms with Crippen LogP contribution >= 0.6 is 0 Å². The highest BCUT2D eigenvalue weighted by molar-refractivity contribution is 5.79. The number of aliphatic carboxylic acids is 1. The summed E-state index contributed by atoms with van der Waals surface area (Å²) in [5.74, 6) is -1.45. The average Bonchev–Trinajstić information content (AvgIpc) is 2.38. The zero-order valence-corrected chi connectivity index (χ0v) is 11.2. The molecule has 1 aromatic rings. The molecule has 5 nitrogen and oxygen atoms in total. The first-order valence-electron chi connectivity index (χ1n) is 6.03. The molecule has 4 N–H and O–H groups in total. The van der Waals surface area contributed by atoms with Crippen molar-refractivity contribution < 1.29 is 33.3 Å². The van der Waals surface area contributed by atoms with E-state index in [1.807, 2.05) is 0 Å². The van der Waals surface area contributed by atoms with Crippen LogP contribution in [-0.4, -0.2) is 40.0 Å². The third-order valence-electron chi connectivity index (χ3n) is 3.18. The van der Waals surface area contributed by atoms with Crippen LogP contribution in [0.2, 0.25) is 0 Å². The van der Waals surface area contributed by atoms with Gasteiger partial charge in [-0.05, 0) is 24.1 Å². The lowest BCUT2D eigenvalue weighted by atomic mass is 10.0. The predicted octanol–water partition coefficient (Wildman–Crippen LogP) is 0.911. The van der Waals surface area contributed by atoms with Gasteiger partial charge in [-0.15, -0.1) is 0 Å². The molecular weight excluding hydrogens is 291 g/mol. The third kappa shape index (κ3) is 3.93. The van der Waals surface area contributed by atoms with Crippen molar-refractivity contribution in [3.63, 3.8) is 0 Å². The Hall–Kier alpha value is -1.64. The molecule has 0 aromatic heterocycles. The summed E-state index contributed by atoms with van der Waals surface area (Å²) in [6.45, 7) is -0.502. The van der Waals surface area contributed by atoms with E-state index >= 15 is 0 Å². The van der Waals surface area contributed by atoms with E-state index in [0.717, 1.165) is 6.07 Å². The number of nitrogens with one attached hydrogen (secondary N) is 1. The second-order valence-electron chi connectivity index (χ2n) is 4.70. The van der Waals surface area contributed by atoms with E-state index in [1.54, 1.807) is 0 Å². The fourth-order valence-electron chi connectivity index (χ4n) is 1.80. The van der Waals surface area contributed by atoms with Gasteiger partial charge in [0.25, 0.3) is 0 Å². The van der Waals surface area contributed by atoms with E-state index < -0.39 is 36.5 Å². The maximum absolute atomic E-state index is 12.6. The van der Waals surface area contributed by atoms with E-state index in [2.05, 4.69) is 5.32 Å². The normalized spacial score (nSPS) is 12.5. The summed E-state index contributed by atoms with van der Waals surface area (Å²) in [6, 6.07) is 3.40. The van der Waals surface area contributed by atoms with Crippen LogP contribution in [0.3, 0.4) is 0 Å². The van der Waals surface area contributed by atoms with Gasteiger partial charge in [0.15, 0.2) is 5.54 Å². The van der Waals surface area contributed by atoms with Crippen LogP contribution in [-0.2, 0) is 17.5 Å². The summed E-state index contributed by atoms with van der Waals surface area (Å²) in [4.78, 5) is 11.0. The lowest BCUT2D eigenvalue weighted by Crippen LogP contribution is -2.57. The smallest absolute Gasteiger partial charge is 0.416 e. The van der Waals surface area contributed by atoms with E-state index in [-0.39, 0.29) is 12.1 Å². The van der Waals surface area contributed by atoms with Gasteiger partial charge < -0.3 is 15.3 Å². The topological polar surface area (TPSA) is 89.8 Å². The molecular formula is C13H16F3NO4. The maximum atomic E-state index is 12.6. The molecule has 0 aliphatic rings. The van der Waals surface area contributed by atoms with E-state index in [0.29, 0.717) is 5.56 Å². The van der Waals surface area contributed by atoms with Crippen LogP contribution in [0.25, 0.3) is 0 Å². The number of halogens is 3. The van der Waals surface area contributed by atoms with Crippen LogP contribution in [0.5, 0.6) is 0 Å². The Morgan fingerprint density at radius 1 is 1.24 bits per heavy atom. The van der Waals surface area contributed by atoms with Gasteiger partial charge in [-0.3, -0.25) is 10.1 Å². The van der Waals surface area contributed by atoms with Crippen molar-refractivity contribution in [2.75, 3.05) is 13.2 Å². The maximum Gasteiger partial charge on any atom is 0.416 e. The summed E-state index contributed by atoms with van der Waals surface area (Å²) in [5.41, 5.74) is -2.28. The number of carbonyl (C=O) groups is 1. The molecule has 0 fully saturated rings. The van der Waals surface area contributed by atoms with Crippen LogP contribution in [0, 0.1) is 6.92 Å². The van der Waals surface area contributed by atoms with Crippen molar-refractivity contribution in [2.45, 2.75) is 25.2 Å². The number of aryl methyl sites for hydroxylation is 1. The monoisotopic (exact) mass is 307 g/mol. The molecule has 0 unspecified atom stereocenters. The second kappa shape index (κ2) is 6.42. The molecule has 0 amide bonds. The first kappa shape index (κ1) is 17.4. The highest BCUT2D eigenvalue weighted by Gasteiger charge is 2.37. The largest absolute Gasteiger partial charge is 0.480 e. The number of alkyl halides is 3. The highest BCUT2D eigenvalue weighted by atomic mass is 19.4. The molecule has 0 aliphatic carbocycles. The van der Waals surface area contributed by atoms with E-state index in [4.69, 9.17) is 15.3 Å². The fraction of sp³-hybridized carbons (Fsp3) is 0.462. The number of carboxylic acids is 1. The van der Waals surface area contributed by atoms with Crippen molar-refractivity contribution in [3.8, 4) is 0 Å².